The van der Waals surface area contributed by atoms with Crippen LogP contribution in [0, 0.1) is 0 Å². The highest BCUT2D eigenvalue weighted by molar-refractivity contribution is 6.08. The van der Waals surface area contributed by atoms with E-state index in [1.807, 2.05) is 44.3 Å². The molecule has 6 heteroatoms. The molecule has 6 nitrogen and oxygen atoms in total. The Kier molecular flexibility index (Phi) is 5.22. The standard InChI is InChI=1S/C20H21N3O3/c1-3-23(4-2)20(25)26-16-10-8-15(9-11-16)19(24)22-17-7-5-6-14-12-13-21-18(14)17/h5-13,21H,3-4H2,1-2H3,(H,22,24). The van der Waals surface area contributed by atoms with Gasteiger partial charge in [-0.1, -0.05) is 12.1 Å². The number of aromatic nitrogens is 1. The van der Waals surface area contributed by atoms with Crippen LogP contribution in [-0.4, -0.2) is 35.0 Å². The van der Waals surface area contributed by atoms with Gasteiger partial charge >= 0.3 is 6.09 Å². The number of rotatable bonds is 5. The van der Waals surface area contributed by atoms with Crippen molar-refractivity contribution >= 4 is 28.6 Å². The van der Waals surface area contributed by atoms with E-state index in [9.17, 15) is 9.59 Å². The second-order valence-corrected chi connectivity index (χ2v) is 5.77. The molecule has 0 atom stereocenters. The molecule has 0 aliphatic rings. The number of anilines is 1. The Morgan fingerprint density at radius 3 is 2.46 bits per heavy atom. The van der Waals surface area contributed by atoms with Crippen LogP contribution in [0.25, 0.3) is 10.9 Å². The Morgan fingerprint density at radius 2 is 1.77 bits per heavy atom. The lowest BCUT2D eigenvalue weighted by molar-refractivity contribution is 0.102. The SMILES string of the molecule is CCN(CC)C(=O)Oc1ccc(C(=O)Nc2cccc3cc[nH]c23)cc1. The van der Waals surface area contributed by atoms with Crippen molar-refractivity contribution in [2.24, 2.45) is 0 Å². The van der Waals surface area contributed by atoms with Crippen molar-refractivity contribution < 1.29 is 14.3 Å². The lowest BCUT2D eigenvalue weighted by atomic mass is 10.2. The number of benzene rings is 2. The van der Waals surface area contributed by atoms with Crippen LogP contribution in [0.5, 0.6) is 5.75 Å². The van der Waals surface area contributed by atoms with Gasteiger partial charge in [0.2, 0.25) is 0 Å². The summed E-state index contributed by atoms with van der Waals surface area (Å²) >= 11 is 0. The van der Waals surface area contributed by atoms with Crippen molar-refractivity contribution in [1.29, 1.82) is 0 Å². The van der Waals surface area contributed by atoms with Crippen LogP contribution >= 0.6 is 0 Å². The molecule has 2 N–H and O–H groups in total. The average molecular weight is 351 g/mol. The molecular formula is C20H21N3O3. The predicted molar refractivity (Wildman–Crippen MR) is 102 cm³/mol. The number of carbonyl (C=O) groups excluding carboxylic acids is 2. The molecule has 26 heavy (non-hydrogen) atoms. The largest absolute Gasteiger partial charge is 0.415 e. The van der Waals surface area contributed by atoms with E-state index in [4.69, 9.17) is 4.74 Å². The molecule has 2 aromatic carbocycles. The quantitative estimate of drug-likeness (QED) is 0.721. The summed E-state index contributed by atoms with van der Waals surface area (Å²) in [7, 11) is 0. The number of ether oxygens (including phenoxy) is 1. The number of hydrogen-bond acceptors (Lipinski definition) is 3. The maximum Gasteiger partial charge on any atom is 0.415 e. The summed E-state index contributed by atoms with van der Waals surface area (Å²) in [4.78, 5) is 29.1. The van der Waals surface area contributed by atoms with Gasteiger partial charge in [-0.15, -0.1) is 0 Å². The molecule has 0 saturated carbocycles. The van der Waals surface area contributed by atoms with Crippen LogP contribution in [0.2, 0.25) is 0 Å². The van der Waals surface area contributed by atoms with Gasteiger partial charge < -0.3 is 19.9 Å². The number of hydrogen-bond donors (Lipinski definition) is 2. The first-order valence-electron chi connectivity index (χ1n) is 8.56. The Labute approximate surface area is 151 Å². The summed E-state index contributed by atoms with van der Waals surface area (Å²) in [5.74, 6) is 0.179. The maximum atomic E-state index is 12.5. The van der Waals surface area contributed by atoms with E-state index >= 15 is 0 Å². The molecule has 0 fully saturated rings. The number of nitrogens with zero attached hydrogens (tertiary/aromatic N) is 1. The zero-order valence-corrected chi connectivity index (χ0v) is 14.8. The average Bonchev–Trinajstić information content (AvgIpc) is 3.13. The molecule has 0 aliphatic heterocycles. The Hall–Kier alpha value is -3.28. The molecule has 1 heterocycles. The van der Waals surface area contributed by atoms with Crippen LogP contribution in [0.15, 0.2) is 54.7 Å². The molecule has 3 aromatic rings. The first-order chi connectivity index (χ1) is 12.6. The molecule has 2 amide bonds. The Morgan fingerprint density at radius 1 is 1.04 bits per heavy atom. The minimum absolute atomic E-state index is 0.228. The van der Waals surface area contributed by atoms with Crippen LogP contribution in [0.1, 0.15) is 24.2 Å². The first-order valence-corrected chi connectivity index (χ1v) is 8.56. The van der Waals surface area contributed by atoms with E-state index in [0.717, 1.165) is 16.6 Å². The van der Waals surface area contributed by atoms with E-state index in [2.05, 4.69) is 10.3 Å². The van der Waals surface area contributed by atoms with Gasteiger partial charge in [0.15, 0.2) is 0 Å². The lowest BCUT2D eigenvalue weighted by Gasteiger charge is -2.17. The molecule has 0 saturated heterocycles. The summed E-state index contributed by atoms with van der Waals surface area (Å²) in [6.45, 7) is 4.95. The van der Waals surface area contributed by atoms with Crippen molar-refractivity contribution in [1.82, 2.24) is 9.88 Å². The highest BCUT2D eigenvalue weighted by Crippen LogP contribution is 2.22. The van der Waals surface area contributed by atoms with Gasteiger partial charge in [-0.25, -0.2) is 4.79 Å². The predicted octanol–water partition coefficient (Wildman–Crippen LogP) is 4.26. The number of H-pyrrole nitrogens is 1. The molecule has 0 radical (unpaired) electrons. The Balaban J connectivity index is 1.69. The second kappa shape index (κ2) is 7.74. The fraction of sp³-hybridized carbons (Fsp3) is 0.200. The first kappa shape index (κ1) is 17.5. The van der Waals surface area contributed by atoms with Crippen molar-refractivity contribution in [3.63, 3.8) is 0 Å². The topological polar surface area (TPSA) is 74.4 Å². The number of para-hydroxylation sites is 1. The van der Waals surface area contributed by atoms with Crippen LogP contribution in [-0.2, 0) is 0 Å². The summed E-state index contributed by atoms with van der Waals surface area (Å²) in [6, 6.07) is 14.2. The van der Waals surface area contributed by atoms with Crippen molar-refractivity contribution in [3.05, 3.63) is 60.3 Å². The van der Waals surface area contributed by atoms with E-state index in [0.29, 0.717) is 24.4 Å². The van der Waals surface area contributed by atoms with Gasteiger partial charge in [0, 0.05) is 30.2 Å². The highest BCUT2D eigenvalue weighted by atomic mass is 16.6. The molecule has 134 valence electrons. The molecule has 0 bridgehead atoms. The maximum absolute atomic E-state index is 12.5. The third-order valence-electron chi connectivity index (χ3n) is 4.18. The van der Waals surface area contributed by atoms with Gasteiger partial charge in [0.1, 0.15) is 5.75 Å². The fourth-order valence-corrected chi connectivity index (χ4v) is 2.71. The molecule has 0 spiro atoms. The van der Waals surface area contributed by atoms with Gasteiger partial charge in [-0.3, -0.25) is 4.79 Å². The molecule has 0 unspecified atom stereocenters. The number of amides is 2. The van der Waals surface area contributed by atoms with E-state index in [1.54, 1.807) is 29.2 Å². The van der Waals surface area contributed by atoms with Crippen LogP contribution in [0.3, 0.4) is 0 Å². The van der Waals surface area contributed by atoms with Crippen molar-refractivity contribution in [2.75, 3.05) is 18.4 Å². The van der Waals surface area contributed by atoms with Crippen molar-refractivity contribution in [2.45, 2.75) is 13.8 Å². The summed E-state index contributed by atoms with van der Waals surface area (Å²) in [5, 5.41) is 3.93. The van der Waals surface area contributed by atoms with Gasteiger partial charge in [0.25, 0.3) is 5.91 Å². The number of fused-ring (bicyclic) bond motifs is 1. The molecule has 3 rings (SSSR count). The van der Waals surface area contributed by atoms with Gasteiger partial charge in [-0.05, 0) is 50.2 Å². The van der Waals surface area contributed by atoms with E-state index in [-0.39, 0.29) is 5.91 Å². The van der Waals surface area contributed by atoms with Gasteiger partial charge in [0.05, 0.1) is 11.2 Å². The summed E-state index contributed by atoms with van der Waals surface area (Å²) < 4.78 is 5.31. The number of carbonyl (C=O) groups is 2. The minimum atomic E-state index is -0.398. The highest BCUT2D eigenvalue weighted by Gasteiger charge is 2.13. The summed E-state index contributed by atoms with van der Waals surface area (Å²) in [6.07, 6.45) is 1.44. The normalized spacial score (nSPS) is 10.5. The number of nitrogens with one attached hydrogen (secondary N) is 2. The third kappa shape index (κ3) is 3.69. The van der Waals surface area contributed by atoms with E-state index < -0.39 is 6.09 Å². The van der Waals surface area contributed by atoms with Gasteiger partial charge in [-0.2, -0.15) is 0 Å². The third-order valence-corrected chi connectivity index (χ3v) is 4.18. The van der Waals surface area contributed by atoms with Crippen LogP contribution in [0.4, 0.5) is 10.5 Å². The minimum Gasteiger partial charge on any atom is -0.410 e. The smallest absolute Gasteiger partial charge is 0.410 e. The molecule has 0 aliphatic carbocycles. The Bertz CT molecular complexity index is 911. The summed E-state index contributed by atoms with van der Waals surface area (Å²) in [5.41, 5.74) is 2.08. The lowest BCUT2D eigenvalue weighted by Crippen LogP contribution is -2.33. The molecule has 1 aromatic heterocycles. The van der Waals surface area contributed by atoms with Crippen molar-refractivity contribution in [3.8, 4) is 5.75 Å². The van der Waals surface area contributed by atoms with Crippen LogP contribution < -0.4 is 10.1 Å². The monoisotopic (exact) mass is 351 g/mol. The number of aromatic amines is 1. The second-order valence-electron chi connectivity index (χ2n) is 5.77. The molecular weight excluding hydrogens is 330 g/mol. The zero-order valence-electron chi connectivity index (χ0n) is 14.8. The zero-order chi connectivity index (χ0) is 18.5. The van der Waals surface area contributed by atoms with E-state index in [1.165, 1.54) is 0 Å². The fourth-order valence-electron chi connectivity index (χ4n) is 2.71.